The van der Waals surface area contributed by atoms with Crippen molar-refractivity contribution in [3.8, 4) is 23.3 Å². The molecule has 13 heteroatoms. The Morgan fingerprint density at radius 2 is 1.28 bits per heavy atom. The Kier molecular flexibility index (Phi) is 15.2. The van der Waals surface area contributed by atoms with Crippen LogP contribution in [0.4, 0.5) is 5.69 Å². The van der Waals surface area contributed by atoms with Crippen molar-refractivity contribution < 1.29 is 37.5 Å². The summed E-state index contributed by atoms with van der Waals surface area (Å²) in [6.45, 7) is 9.38. The molecule has 0 heterocycles. The SMILES string of the molecule is COc1ccc(C(OCC(C)c2cc(OCCOP(=O)(OCCC#N)N(C(C)C)C(C)C)ccc2[N+](=O)[O-])(c2ccccc2)c2ccc(OC)cc2)cc1. The molecule has 0 aromatic heterocycles. The zero-order valence-electron chi connectivity index (χ0n) is 32.0. The third-order valence-corrected chi connectivity index (χ3v) is 11.4. The highest BCUT2D eigenvalue weighted by Crippen LogP contribution is 2.54. The Bertz CT molecular complexity index is 1830. The summed E-state index contributed by atoms with van der Waals surface area (Å²) >= 11 is 0. The number of methoxy groups -OCH3 is 2. The summed E-state index contributed by atoms with van der Waals surface area (Å²) in [5.74, 6) is 1.28. The maximum absolute atomic E-state index is 13.9. The van der Waals surface area contributed by atoms with Crippen LogP contribution in [0.2, 0.25) is 0 Å². The molecule has 0 aliphatic heterocycles. The zero-order chi connectivity index (χ0) is 39.3. The van der Waals surface area contributed by atoms with Crippen LogP contribution in [-0.2, 0) is 24.0 Å². The molecule has 4 rings (SSSR count). The Morgan fingerprint density at radius 3 is 1.78 bits per heavy atom. The first-order valence-corrected chi connectivity index (χ1v) is 19.3. The van der Waals surface area contributed by atoms with E-state index in [0.717, 1.165) is 16.7 Å². The van der Waals surface area contributed by atoms with Crippen LogP contribution in [0.5, 0.6) is 17.2 Å². The number of nitriles is 1. The summed E-state index contributed by atoms with van der Waals surface area (Å²) in [5.41, 5.74) is 1.76. The maximum atomic E-state index is 13.9. The fourth-order valence-electron chi connectivity index (χ4n) is 6.45. The fraction of sp³-hybridized carbons (Fsp3) is 0.390. The summed E-state index contributed by atoms with van der Waals surface area (Å²) in [6.07, 6.45) is 0.0635. The van der Waals surface area contributed by atoms with Gasteiger partial charge in [0.15, 0.2) is 0 Å². The molecule has 0 aliphatic rings. The van der Waals surface area contributed by atoms with Crippen molar-refractivity contribution in [2.75, 3.05) is 40.6 Å². The minimum absolute atomic E-state index is 0.0101. The van der Waals surface area contributed by atoms with E-state index in [0.29, 0.717) is 22.8 Å². The quantitative estimate of drug-likeness (QED) is 0.0264. The van der Waals surface area contributed by atoms with Gasteiger partial charge >= 0.3 is 7.75 Å². The van der Waals surface area contributed by atoms with Crippen molar-refractivity contribution in [3.05, 3.63) is 129 Å². The van der Waals surface area contributed by atoms with Crippen LogP contribution in [0.15, 0.2) is 97.1 Å². The number of hydrogen-bond donors (Lipinski definition) is 0. The summed E-state index contributed by atoms with van der Waals surface area (Å²) in [5, 5.41) is 21.3. The van der Waals surface area contributed by atoms with Gasteiger partial charge in [-0.3, -0.25) is 19.2 Å². The van der Waals surface area contributed by atoms with Gasteiger partial charge in [0.2, 0.25) is 0 Å². The molecule has 4 aromatic rings. The van der Waals surface area contributed by atoms with Crippen LogP contribution in [0.1, 0.15) is 69.2 Å². The first-order chi connectivity index (χ1) is 25.9. The molecule has 0 radical (unpaired) electrons. The van der Waals surface area contributed by atoms with E-state index in [4.69, 9.17) is 33.3 Å². The summed E-state index contributed by atoms with van der Waals surface area (Å²) in [7, 11) is -0.550. The van der Waals surface area contributed by atoms with E-state index in [9.17, 15) is 14.7 Å². The lowest BCUT2D eigenvalue weighted by Crippen LogP contribution is -2.36. The molecule has 2 unspecified atom stereocenters. The van der Waals surface area contributed by atoms with Crippen LogP contribution in [-0.4, -0.2) is 62.3 Å². The summed E-state index contributed by atoms with van der Waals surface area (Å²) < 4.78 is 51.0. The monoisotopic (exact) mass is 759 g/mol. The molecule has 0 saturated carbocycles. The van der Waals surface area contributed by atoms with Gasteiger partial charge in [0.25, 0.3) is 5.69 Å². The van der Waals surface area contributed by atoms with Crippen LogP contribution in [0.3, 0.4) is 0 Å². The second kappa shape index (κ2) is 19.5. The smallest absolute Gasteiger partial charge is 0.408 e. The average Bonchev–Trinajstić information content (AvgIpc) is 3.17. The van der Waals surface area contributed by atoms with E-state index >= 15 is 0 Å². The van der Waals surface area contributed by atoms with Gasteiger partial charge < -0.3 is 18.9 Å². The normalized spacial score (nSPS) is 13.4. The van der Waals surface area contributed by atoms with Crippen molar-refractivity contribution in [2.45, 2.75) is 64.6 Å². The van der Waals surface area contributed by atoms with Crippen LogP contribution >= 0.6 is 7.75 Å². The Labute approximate surface area is 318 Å². The lowest BCUT2D eigenvalue weighted by Gasteiger charge is -2.37. The van der Waals surface area contributed by atoms with Gasteiger partial charge in [-0.2, -0.15) is 5.26 Å². The highest BCUT2D eigenvalue weighted by atomic mass is 31.2. The topological polar surface area (TPSA) is 143 Å². The summed E-state index contributed by atoms with van der Waals surface area (Å²) in [4.78, 5) is 11.9. The minimum Gasteiger partial charge on any atom is -0.497 e. The van der Waals surface area contributed by atoms with Crippen molar-refractivity contribution in [3.63, 3.8) is 0 Å². The van der Waals surface area contributed by atoms with Gasteiger partial charge in [-0.15, -0.1) is 0 Å². The molecule has 4 aromatic carbocycles. The predicted octanol–water partition coefficient (Wildman–Crippen LogP) is 9.28. The number of nitro groups is 1. The molecule has 0 N–H and O–H groups in total. The van der Waals surface area contributed by atoms with E-state index in [1.54, 1.807) is 25.0 Å². The molecular weight excluding hydrogens is 709 g/mol. The highest BCUT2D eigenvalue weighted by molar-refractivity contribution is 7.51. The standard InChI is InChI=1S/C41H50N3O9P/c1-30(2)43(31(3)4)54(47,52-25-11-24-42)53-27-26-50-38-22-23-40(44(45)46)39(28-38)32(5)29-51-41(33-12-9-8-10-13-33,34-14-18-36(48-6)19-15-34)35-16-20-37(49-7)21-17-35/h8-10,12-23,28,30-32H,11,25-27,29H2,1-7H3. The molecular formula is C41H50N3O9P. The molecule has 2 atom stereocenters. The third-order valence-electron chi connectivity index (χ3n) is 8.87. The number of hydrogen-bond acceptors (Lipinski definition) is 10. The lowest BCUT2D eigenvalue weighted by atomic mass is 9.79. The largest absolute Gasteiger partial charge is 0.497 e. The first kappa shape index (κ1) is 42.0. The fourth-order valence-corrected chi connectivity index (χ4v) is 8.55. The minimum atomic E-state index is -3.77. The molecule has 0 amide bonds. The lowest BCUT2D eigenvalue weighted by molar-refractivity contribution is -0.385. The molecule has 0 bridgehead atoms. The first-order valence-electron chi connectivity index (χ1n) is 17.8. The third kappa shape index (κ3) is 10.1. The zero-order valence-corrected chi connectivity index (χ0v) is 32.9. The van der Waals surface area contributed by atoms with E-state index in [1.165, 1.54) is 12.1 Å². The van der Waals surface area contributed by atoms with Gasteiger partial charge in [-0.25, -0.2) is 9.24 Å². The molecule has 0 aliphatic carbocycles. The van der Waals surface area contributed by atoms with Gasteiger partial charge in [0.05, 0.1) is 51.5 Å². The van der Waals surface area contributed by atoms with Crippen molar-refractivity contribution in [2.24, 2.45) is 0 Å². The highest BCUT2D eigenvalue weighted by Gasteiger charge is 2.39. The molecule has 12 nitrogen and oxygen atoms in total. The molecule has 0 saturated heterocycles. The van der Waals surface area contributed by atoms with Crippen LogP contribution in [0.25, 0.3) is 0 Å². The summed E-state index contributed by atoms with van der Waals surface area (Å²) in [6, 6.07) is 31.4. The van der Waals surface area contributed by atoms with Gasteiger partial charge in [0, 0.05) is 29.6 Å². The molecule has 288 valence electrons. The number of benzene rings is 4. The number of nitro benzene ring substituents is 1. The number of nitrogens with zero attached hydrogens (tertiary/aromatic N) is 3. The molecule has 54 heavy (non-hydrogen) atoms. The average molecular weight is 760 g/mol. The number of ether oxygens (including phenoxy) is 4. The van der Waals surface area contributed by atoms with Crippen molar-refractivity contribution in [1.82, 2.24) is 4.67 Å². The van der Waals surface area contributed by atoms with E-state index in [-0.39, 0.29) is 50.6 Å². The second-order valence-corrected chi connectivity index (χ2v) is 15.1. The predicted molar refractivity (Wildman–Crippen MR) is 207 cm³/mol. The van der Waals surface area contributed by atoms with E-state index in [2.05, 4.69) is 0 Å². The van der Waals surface area contributed by atoms with Crippen molar-refractivity contribution in [1.29, 1.82) is 5.26 Å². The van der Waals surface area contributed by atoms with Gasteiger partial charge in [-0.1, -0.05) is 61.5 Å². The number of rotatable bonds is 21. The van der Waals surface area contributed by atoms with Gasteiger partial charge in [0.1, 0.15) is 29.5 Å². The van der Waals surface area contributed by atoms with E-state index in [1.807, 2.05) is 120 Å². The maximum Gasteiger partial charge on any atom is 0.408 e. The molecule has 0 spiro atoms. The Hall–Kier alpha value is -4.76. The van der Waals surface area contributed by atoms with E-state index < -0.39 is 24.2 Å². The van der Waals surface area contributed by atoms with Gasteiger partial charge in [-0.05, 0) is 80.8 Å². The Balaban J connectivity index is 1.63. The Morgan fingerprint density at radius 1 is 0.759 bits per heavy atom. The van der Waals surface area contributed by atoms with Crippen LogP contribution in [0, 0.1) is 21.4 Å². The molecule has 0 fully saturated rings. The van der Waals surface area contributed by atoms with Crippen LogP contribution < -0.4 is 14.2 Å². The van der Waals surface area contributed by atoms with Crippen molar-refractivity contribution >= 4 is 13.4 Å². The second-order valence-electron chi connectivity index (χ2n) is 13.2.